The van der Waals surface area contributed by atoms with Gasteiger partial charge in [-0.25, -0.2) is 4.39 Å². The minimum absolute atomic E-state index is 0.258. The molecule has 90 valence electrons. The van der Waals surface area contributed by atoms with Crippen molar-refractivity contribution < 1.29 is 4.39 Å². The molecule has 0 aromatic heterocycles. The molecule has 0 aliphatic carbocycles. The number of rotatable bonds is 1. The maximum absolute atomic E-state index is 13.9. The van der Waals surface area contributed by atoms with Crippen molar-refractivity contribution in [2.45, 2.75) is 25.9 Å². The van der Waals surface area contributed by atoms with Gasteiger partial charge < -0.3 is 10.2 Å². The Morgan fingerprint density at radius 3 is 2.88 bits per heavy atom. The number of hydrogen-bond acceptors (Lipinski definition) is 3. The fourth-order valence-corrected chi connectivity index (χ4v) is 2.17. The molecule has 1 heterocycles. The Morgan fingerprint density at radius 1 is 1.47 bits per heavy atom. The molecule has 1 aromatic rings. The number of nitrogens with zero attached hydrogens (tertiary/aromatic N) is 2. The Balaban J connectivity index is 2.30. The summed E-state index contributed by atoms with van der Waals surface area (Å²) in [6.45, 7) is 5.78. The fraction of sp³-hybridized carbons (Fsp3) is 0.462. The summed E-state index contributed by atoms with van der Waals surface area (Å²) in [5, 5.41) is 12.1. The maximum Gasteiger partial charge on any atom is 0.147 e. The van der Waals surface area contributed by atoms with Crippen molar-refractivity contribution in [2.24, 2.45) is 0 Å². The Bertz CT molecular complexity index is 452. The van der Waals surface area contributed by atoms with Crippen LogP contribution >= 0.6 is 0 Å². The average Bonchev–Trinajstić information content (AvgIpc) is 2.32. The van der Waals surface area contributed by atoms with Gasteiger partial charge in [-0.2, -0.15) is 5.26 Å². The highest BCUT2D eigenvalue weighted by Crippen LogP contribution is 2.24. The summed E-state index contributed by atoms with van der Waals surface area (Å²) in [4.78, 5) is 2.05. The van der Waals surface area contributed by atoms with E-state index in [1.807, 2.05) is 6.07 Å². The second-order valence-electron chi connectivity index (χ2n) is 4.59. The zero-order chi connectivity index (χ0) is 12.4. The minimum Gasteiger partial charge on any atom is -0.364 e. The second kappa shape index (κ2) is 4.72. The zero-order valence-corrected chi connectivity index (χ0v) is 10.1. The van der Waals surface area contributed by atoms with E-state index >= 15 is 0 Å². The first-order chi connectivity index (χ1) is 8.11. The van der Waals surface area contributed by atoms with Crippen LogP contribution in [0.3, 0.4) is 0 Å². The van der Waals surface area contributed by atoms with Crippen molar-refractivity contribution in [1.82, 2.24) is 5.32 Å². The fourth-order valence-electron chi connectivity index (χ4n) is 2.17. The highest BCUT2D eigenvalue weighted by Gasteiger charge is 2.24. The predicted molar refractivity (Wildman–Crippen MR) is 65.4 cm³/mol. The Morgan fingerprint density at radius 2 is 2.24 bits per heavy atom. The van der Waals surface area contributed by atoms with Gasteiger partial charge in [-0.15, -0.1) is 0 Å². The number of nitrogens with one attached hydrogen (secondary N) is 1. The minimum atomic E-state index is -0.315. The number of halogens is 1. The van der Waals surface area contributed by atoms with Crippen molar-refractivity contribution in [2.75, 3.05) is 18.0 Å². The monoisotopic (exact) mass is 233 g/mol. The van der Waals surface area contributed by atoms with Gasteiger partial charge in [-0.05, 0) is 32.0 Å². The standard InChI is InChI=1S/C13H16FN3/c1-9-8-17(10(2)7-16-9)13-4-3-11(6-15)5-12(13)14/h3-5,9-10,16H,7-8H2,1-2H3/t9-,10+/m1/s1. The van der Waals surface area contributed by atoms with Crippen molar-refractivity contribution >= 4 is 5.69 Å². The van der Waals surface area contributed by atoms with Crippen LogP contribution in [-0.4, -0.2) is 25.2 Å². The third-order valence-corrected chi connectivity index (χ3v) is 3.15. The van der Waals surface area contributed by atoms with E-state index in [0.29, 0.717) is 17.3 Å². The van der Waals surface area contributed by atoms with Gasteiger partial charge in [0.15, 0.2) is 0 Å². The summed E-state index contributed by atoms with van der Waals surface area (Å²) in [5.74, 6) is -0.315. The Labute approximate surface area is 101 Å². The molecule has 1 N–H and O–H groups in total. The van der Waals surface area contributed by atoms with Crippen LogP contribution in [0.1, 0.15) is 19.4 Å². The molecular formula is C13H16FN3. The van der Waals surface area contributed by atoms with E-state index in [9.17, 15) is 4.39 Å². The van der Waals surface area contributed by atoms with E-state index in [1.165, 1.54) is 6.07 Å². The molecule has 1 saturated heterocycles. The van der Waals surface area contributed by atoms with Crippen LogP contribution < -0.4 is 10.2 Å². The third kappa shape index (κ3) is 2.40. The molecule has 2 atom stereocenters. The highest BCUT2D eigenvalue weighted by molar-refractivity contribution is 5.52. The molecule has 0 bridgehead atoms. The quantitative estimate of drug-likeness (QED) is 0.805. The number of piperazine rings is 1. The van der Waals surface area contributed by atoms with E-state index in [0.717, 1.165) is 13.1 Å². The van der Waals surface area contributed by atoms with Crippen LogP contribution in [0.15, 0.2) is 18.2 Å². The first-order valence-electron chi connectivity index (χ1n) is 5.81. The van der Waals surface area contributed by atoms with Gasteiger partial charge in [0.25, 0.3) is 0 Å². The lowest BCUT2D eigenvalue weighted by atomic mass is 10.1. The summed E-state index contributed by atoms with van der Waals surface area (Å²) < 4.78 is 13.9. The van der Waals surface area contributed by atoms with Crippen molar-refractivity contribution in [3.63, 3.8) is 0 Å². The molecule has 2 rings (SSSR count). The summed E-state index contributed by atoms with van der Waals surface area (Å²) in [6, 6.07) is 7.22. The smallest absolute Gasteiger partial charge is 0.147 e. The molecule has 0 saturated carbocycles. The lowest BCUT2D eigenvalue weighted by Crippen LogP contribution is -2.54. The molecule has 0 spiro atoms. The van der Waals surface area contributed by atoms with Gasteiger partial charge in [0, 0.05) is 25.2 Å². The molecule has 1 aliphatic rings. The topological polar surface area (TPSA) is 39.1 Å². The van der Waals surface area contributed by atoms with Crippen LogP contribution in [0, 0.1) is 17.1 Å². The Hall–Kier alpha value is -1.60. The number of anilines is 1. The summed E-state index contributed by atoms with van der Waals surface area (Å²) in [5.41, 5.74) is 0.951. The second-order valence-corrected chi connectivity index (χ2v) is 4.59. The Kier molecular flexibility index (Phi) is 3.30. The lowest BCUT2D eigenvalue weighted by Gasteiger charge is -2.39. The highest BCUT2D eigenvalue weighted by atomic mass is 19.1. The molecule has 1 fully saturated rings. The van der Waals surface area contributed by atoms with E-state index in [1.54, 1.807) is 12.1 Å². The van der Waals surface area contributed by atoms with Gasteiger partial charge in [-0.1, -0.05) is 0 Å². The van der Waals surface area contributed by atoms with E-state index in [4.69, 9.17) is 5.26 Å². The van der Waals surface area contributed by atoms with Gasteiger partial charge in [0.05, 0.1) is 17.3 Å². The molecule has 0 radical (unpaired) electrons. The first kappa shape index (κ1) is 11.9. The molecule has 0 amide bonds. The van der Waals surface area contributed by atoms with Crippen LogP contribution in [0.4, 0.5) is 10.1 Å². The molecule has 1 aromatic carbocycles. The van der Waals surface area contributed by atoms with Gasteiger partial charge >= 0.3 is 0 Å². The van der Waals surface area contributed by atoms with Crippen molar-refractivity contribution in [3.8, 4) is 6.07 Å². The van der Waals surface area contributed by atoms with Gasteiger partial charge in [0.2, 0.25) is 0 Å². The molecule has 17 heavy (non-hydrogen) atoms. The van der Waals surface area contributed by atoms with Gasteiger partial charge in [-0.3, -0.25) is 0 Å². The summed E-state index contributed by atoms with van der Waals surface area (Å²) in [6.07, 6.45) is 0. The predicted octanol–water partition coefficient (Wildman–Crippen LogP) is 1.88. The summed E-state index contributed by atoms with van der Waals surface area (Å²) >= 11 is 0. The molecule has 0 unspecified atom stereocenters. The van der Waals surface area contributed by atoms with Gasteiger partial charge in [0.1, 0.15) is 5.82 Å². The van der Waals surface area contributed by atoms with Crippen molar-refractivity contribution in [3.05, 3.63) is 29.6 Å². The van der Waals surface area contributed by atoms with E-state index in [-0.39, 0.29) is 11.9 Å². The SMILES string of the molecule is C[C@@H]1CN(c2ccc(C#N)cc2F)[C@@H](C)CN1. The largest absolute Gasteiger partial charge is 0.364 e. The lowest BCUT2D eigenvalue weighted by molar-refractivity contribution is 0.420. The maximum atomic E-state index is 13.9. The average molecular weight is 233 g/mol. The molecular weight excluding hydrogens is 217 g/mol. The molecule has 3 nitrogen and oxygen atoms in total. The van der Waals surface area contributed by atoms with E-state index < -0.39 is 0 Å². The van der Waals surface area contributed by atoms with Crippen molar-refractivity contribution in [1.29, 1.82) is 5.26 Å². The van der Waals surface area contributed by atoms with Crippen LogP contribution in [0.25, 0.3) is 0 Å². The van der Waals surface area contributed by atoms with Crippen LogP contribution in [-0.2, 0) is 0 Å². The molecule has 4 heteroatoms. The zero-order valence-electron chi connectivity index (χ0n) is 10.1. The van der Waals surface area contributed by atoms with E-state index in [2.05, 4.69) is 24.1 Å². The molecule has 1 aliphatic heterocycles. The number of nitriles is 1. The normalized spacial score (nSPS) is 24.5. The summed E-state index contributed by atoms with van der Waals surface area (Å²) in [7, 11) is 0. The number of hydrogen-bond donors (Lipinski definition) is 1. The van der Waals surface area contributed by atoms with Crippen LogP contribution in [0.2, 0.25) is 0 Å². The van der Waals surface area contributed by atoms with Crippen LogP contribution in [0.5, 0.6) is 0 Å². The number of benzene rings is 1. The third-order valence-electron chi connectivity index (χ3n) is 3.15. The first-order valence-corrected chi connectivity index (χ1v) is 5.81.